The van der Waals surface area contributed by atoms with Crippen molar-refractivity contribution in [2.24, 2.45) is 0 Å². The van der Waals surface area contributed by atoms with Gasteiger partial charge in [0.15, 0.2) is 0 Å². The van der Waals surface area contributed by atoms with Crippen LogP contribution in [-0.4, -0.2) is 11.2 Å². The summed E-state index contributed by atoms with van der Waals surface area (Å²) in [6.45, 7) is 11.3. The molecule has 0 amide bonds. The van der Waals surface area contributed by atoms with E-state index in [-0.39, 0.29) is 6.10 Å². The first-order chi connectivity index (χ1) is 6.07. The summed E-state index contributed by atoms with van der Waals surface area (Å²) in [4.78, 5) is 0. The lowest BCUT2D eigenvalue weighted by Crippen LogP contribution is -2.08. The zero-order valence-corrected chi connectivity index (χ0v) is 8.71. The van der Waals surface area contributed by atoms with Crippen molar-refractivity contribution in [3.8, 4) is 0 Å². The zero-order valence-electron chi connectivity index (χ0n) is 8.71. The number of hydrogen-bond acceptors (Lipinski definition) is 1. The van der Waals surface area contributed by atoms with Gasteiger partial charge >= 0.3 is 0 Å². The van der Waals surface area contributed by atoms with E-state index in [1.807, 2.05) is 19.9 Å². The molecule has 1 nitrogen and oxygen atoms in total. The molecular weight excluding hydrogens is 160 g/mol. The van der Waals surface area contributed by atoms with Crippen molar-refractivity contribution in [3.05, 3.63) is 36.5 Å². The summed E-state index contributed by atoms with van der Waals surface area (Å²) in [7, 11) is 0. The lowest BCUT2D eigenvalue weighted by molar-refractivity contribution is 0.211. The molecule has 1 N–H and O–H groups in total. The Morgan fingerprint density at radius 2 is 2.00 bits per heavy atom. The Morgan fingerprint density at radius 1 is 1.38 bits per heavy atom. The van der Waals surface area contributed by atoms with E-state index in [0.29, 0.717) is 6.42 Å². The van der Waals surface area contributed by atoms with Crippen LogP contribution in [0.3, 0.4) is 0 Å². The third-order valence-electron chi connectivity index (χ3n) is 1.90. The van der Waals surface area contributed by atoms with Crippen molar-refractivity contribution in [1.29, 1.82) is 0 Å². The molecule has 1 heteroatoms. The van der Waals surface area contributed by atoms with Gasteiger partial charge in [-0.15, -0.1) is 13.2 Å². The Labute approximate surface area is 81.5 Å². The Hall–Kier alpha value is -0.820. The van der Waals surface area contributed by atoms with Crippen molar-refractivity contribution in [1.82, 2.24) is 0 Å². The highest BCUT2D eigenvalue weighted by molar-refractivity contribution is 5.09. The number of aliphatic hydroxyl groups is 1. The standard InChI is InChI=1S/C12H20O/c1-5-6-7-8-11(4)12(13)9-10(2)3/h5,8,12-13H,1-2,6-7,9H2,3-4H3/b11-8+/t12-/m0/s1. The van der Waals surface area contributed by atoms with E-state index < -0.39 is 0 Å². The molecule has 0 saturated carbocycles. The van der Waals surface area contributed by atoms with Gasteiger partial charge < -0.3 is 5.11 Å². The summed E-state index contributed by atoms with van der Waals surface area (Å²) in [5.41, 5.74) is 2.05. The second-order valence-corrected chi connectivity index (χ2v) is 3.49. The van der Waals surface area contributed by atoms with Crippen LogP contribution in [0.1, 0.15) is 33.1 Å². The maximum atomic E-state index is 9.63. The van der Waals surface area contributed by atoms with Crippen molar-refractivity contribution in [2.45, 2.75) is 39.2 Å². The Balaban J connectivity index is 3.92. The van der Waals surface area contributed by atoms with E-state index in [1.165, 1.54) is 0 Å². The van der Waals surface area contributed by atoms with Crippen molar-refractivity contribution >= 4 is 0 Å². The quantitative estimate of drug-likeness (QED) is 0.491. The predicted octanol–water partition coefficient (Wildman–Crippen LogP) is 3.23. The molecule has 0 aromatic heterocycles. The van der Waals surface area contributed by atoms with Crippen LogP contribution in [-0.2, 0) is 0 Å². The molecule has 1 atom stereocenters. The monoisotopic (exact) mass is 180 g/mol. The molecule has 0 bridgehead atoms. The average Bonchev–Trinajstić information content (AvgIpc) is 2.03. The molecule has 0 aromatic carbocycles. The lowest BCUT2D eigenvalue weighted by Gasteiger charge is -2.10. The molecular formula is C12H20O. The van der Waals surface area contributed by atoms with Crippen LogP contribution in [0.25, 0.3) is 0 Å². The maximum absolute atomic E-state index is 9.63. The maximum Gasteiger partial charge on any atom is 0.0784 e. The number of rotatable bonds is 6. The van der Waals surface area contributed by atoms with Crippen molar-refractivity contribution in [2.75, 3.05) is 0 Å². The summed E-state index contributed by atoms with van der Waals surface area (Å²) in [6.07, 6.45) is 6.18. The van der Waals surface area contributed by atoms with Crippen LogP contribution in [0.5, 0.6) is 0 Å². The molecule has 0 aromatic rings. The zero-order chi connectivity index (χ0) is 10.3. The van der Waals surface area contributed by atoms with E-state index in [2.05, 4.69) is 19.2 Å². The minimum atomic E-state index is -0.359. The van der Waals surface area contributed by atoms with Crippen LogP contribution in [0.4, 0.5) is 0 Å². The molecule has 0 saturated heterocycles. The fraction of sp³-hybridized carbons (Fsp3) is 0.500. The second kappa shape index (κ2) is 6.67. The first-order valence-corrected chi connectivity index (χ1v) is 4.68. The summed E-state index contributed by atoms with van der Waals surface area (Å²) in [5, 5.41) is 9.63. The van der Waals surface area contributed by atoms with Gasteiger partial charge in [0.2, 0.25) is 0 Å². The van der Waals surface area contributed by atoms with Crippen LogP contribution in [0.15, 0.2) is 36.5 Å². The number of allylic oxidation sites excluding steroid dienone is 2. The van der Waals surface area contributed by atoms with Gasteiger partial charge in [0.25, 0.3) is 0 Å². The number of aliphatic hydroxyl groups excluding tert-OH is 1. The van der Waals surface area contributed by atoms with E-state index in [0.717, 1.165) is 24.0 Å². The summed E-state index contributed by atoms with van der Waals surface area (Å²) in [6, 6.07) is 0. The molecule has 0 aliphatic rings. The second-order valence-electron chi connectivity index (χ2n) is 3.49. The minimum absolute atomic E-state index is 0.359. The fourth-order valence-corrected chi connectivity index (χ4v) is 1.06. The van der Waals surface area contributed by atoms with Crippen molar-refractivity contribution < 1.29 is 5.11 Å². The Bertz CT molecular complexity index is 201. The molecule has 0 heterocycles. The SMILES string of the molecule is C=CCC/C=C(\C)[C@@H](O)CC(=C)C. The van der Waals surface area contributed by atoms with Gasteiger partial charge in [-0.3, -0.25) is 0 Å². The highest BCUT2D eigenvalue weighted by Gasteiger charge is 2.05. The largest absolute Gasteiger partial charge is 0.388 e. The molecule has 74 valence electrons. The van der Waals surface area contributed by atoms with Gasteiger partial charge in [-0.1, -0.05) is 17.7 Å². The number of unbranched alkanes of at least 4 members (excludes halogenated alkanes) is 1. The van der Waals surface area contributed by atoms with Crippen LogP contribution >= 0.6 is 0 Å². The van der Waals surface area contributed by atoms with Gasteiger partial charge in [-0.2, -0.15) is 0 Å². The number of hydrogen-bond donors (Lipinski definition) is 1. The lowest BCUT2D eigenvalue weighted by atomic mass is 10.0. The molecule has 0 radical (unpaired) electrons. The molecule has 0 fully saturated rings. The van der Waals surface area contributed by atoms with E-state index in [4.69, 9.17) is 0 Å². The van der Waals surface area contributed by atoms with Gasteiger partial charge in [0.05, 0.1) is 6.10 Å². The van der Waals surface area contributed by atoms with Gasteiger partial charge in [-0.05, 0) is 38.7 Å². The Morgan fingerprint density at radius 3 is 2.46 bits per heavy atom. The predicted molar refractivity (Wildman–Crippen MR) is 58.6 cm³/mol. The highest BCUT2D eigenvalue weighted by Crippen LogP contribution is 2.11. The summed E-state index contributed by atoms with van der Waals surface area (Å²) < 4.78 is 0. The third-order valence-corrected chi connectivity index (χ3v) is 1.90. The van der Waals surface area contributed by atoms with Crippen LogP contribution in [0.2, 0.25) is 0 Å². The van der Waals surface area contributed by atoms with Gasteiger partial charge in [0.1, 0.15) is 0 Å². The first-order valence-electron chi connectivity index (χ1n) is 4.68. The summed E-state index contributed by atoms with van der Waals surface area (Å²) >= 11 is 0. The highest BCUT2D eigenvalue weighted by atomic mass is 16.3. The van der Waals surface area contributed by atoms with Crippen molar-refractivity contribution in [3.63, 3.8) is 0 Å². The van der Waals surface area contributed by atoms with Crippen LogP contribution in [0, 0.1) is 0 Å². The van der Waals surface area contributed by atoms with E-state index in [9.17, 15) is 5.11 Å². The topological polar surface area (TPSA) is 20.2 Å². The third kappa shape index (κ3) is 6.35. The molecule has 0 spiro atoms. The van der Waals surface area contributed by atoms with E-state index in [1.54, 1.807) is 0 Å². The van der Waals surface area contributed by atoms with Gasteiger partial charge in [0, 0.05) is 0 Å². The van der Waals surface area contributed by atoms with Gasteiger partial charge in [-0.25, -0.2) is 0 Å². The molecule has 0 rings (SSSR count). The molecule has 0 unspecified atom stereocenters. The fourth-order valence-electron chi connectivity index (χ4n) is 1.06. The minimum Gasteiger partial charge on any atom is -0.388 e. The van der Waals surface area contributed by atoms with E-state index >= 15 is 0 Å². The summed E-state index contributed by atoms with van der Waals surface area (Å²) in [5.74, 6) is 0. The Kier molecular flexibility index (Phi) is 6.25. The smallest absolute Gasteiger partial charge is 0.0784 e. The average molecular weight is 180 g/mol. The molecule has 0 aliphatic heterocycles. The molecule has 13 heavy (non-hydrogen) atoms. The molecule has 0 aliphatic carbocycles. The van der Waals surface area contributed by atoms with Crippen LogP contribution < -0.4 is 0 Å². The first kappa shape index (κ1) is 12.2. The normalized spacial score (nSPS) is 13.9.